The number of methoxy groups -OCH3 is 1. The van der Waals surface area contributed by atoms with Crippen LogP contribution in [0.3, 0.4) is 0 Å². The van der Waals surface area contributed by atoms with Gasteiger partial charge in [0.05, 0.1) is 25.9 Å². The van der Waals surface area contributed by atoms with Crippen molar-refractivity contribution >= 4 is 30.9 Å². The summed E-state index contributed by atoms with van der Waals surface area (Å²) >= 11 is 2.48. The summed E-state index contributed by atoms with van der Waals surface area (Å²) in [4.78, 5) is 0. The van der Waals surface area contributed by atoms with Gasteiger partial charge in [-0.05, 0) is 47.7 Å². The van der Waals surface area contributed by atoms with E-state index in [0.29, 0.717) is 18.4 Å². The Bertz CT molecular complexity index is 664. The summed E-state index contributed by atoms with van der Waals surface area (Å²) in [5.41, 5.74) is 1.17. The van der Waals surface area contributed by atoms with Crippen molar-refractivity contribution in [3.8, 4) is 5.75 Å². The third-order valence-corrected chi connectivity index (χ3v) is 12.9. The van der Waals surface area contributed by atoms with Gasteiger partial charge in [-0.15, -0.1) is 0 Å². The first-order valence-electron chi connectivity index (χ1n) is 12.1. The average molecular weight is 573 g/mol. The van der Waals surface area contributed by atoms with Crippen molar-refractivity contribution in [2.45, 2.75) is 78.5 Å². The Kier molecular flexibility index (Phi) is 14.1. The molecule has 0 aliphatic heterocycles. The van der Waals surface area contributed by atoms with Crippen LogP contribution in [0.15, 0.2) is 49.1 Å². The van der Waals surface area contributed by atoms with Crippen molar-refractivity contribution in [3.05, 3.63) is 54.6 Å². The third-order valence-electron chi connectivity index (χ3n) is 6.83. The Morgan fingerprint density at radius 2 is 1.59 bits per heavy atom. The fourth-order valence-corrected chi connectivity index (χ4v) is 7.88. The number of alkyl halides is 1. The summed E-state index contributed by atoms with van der Waals surface area (Å²) in [5, 5.41) is 0. The maximum absolute atomic E-state index is 7.12. The lowest BCUT2D eigenvalue weighted by Gasteiger charge is -2.42. The molecule has 5 heteroatoms. The summed E-state index contributed by atoms with van der Waals surface area (Å²) in [6, 6.07) is 11.6. The average Bonchev–Trinajstić information content (AvgIpc) is 2.83. The zero-order valence-corrected chi connectivity index (χ0v) is 24.4. The number of ether oxygens (including phenoxy) is 2. The van der Waals surface area contributed by atoms with Gasteiger partial charge in [0.15, 0.2) is 8.32 Å². The van der Waals surface area contributed by atoms with Crippen LogP contribution in [0.1, 0.15) is 47.1 Å². The largest absolute Gasteiger partial charge is 0.497 e. The Balaban J connectivity index is 3.16. The number of rotatable bonds is 16. The van der Waals surface area contributed by atoms with E-state index < -0.39 is 8.32 Å². The zero-order valence-electron chi connectivity index (χ0n) is 21.3. The van der Waals surface area contributed by atoms with Crippen LogP contribution in [0, 0.1) is 17.8 Å². The van der Waals surface area contributed by atoms with E-state index >= 15 is 0 Å². The second-order valence-electron chi connectivity index (χ2n) is 8.92. The zero-order chi connectivity index (χ0) is 24.1. The lowest BCUT2D eigenvalue weighted by atomic mass is 9.84. The van der Waals surface area contributed by atoms with Crippen LogP contribution in [0.4, 0.5) is 0 Å². The van der Waals surface area contributed by atoms with E-state index in [1.807, 2.05) is 18.2 Å². The number of allylic oxidation sites excluding steroid dienone is 2. The van der Waals surface area contributed by atoms with Crippen LogP contribution in [-0.4, -0.2) is 32.1 Å². The van der Waals surface area contributed by atoms with Gasteiger partial charge in [-0.25, -0.2) is 0 Å². The molecule has 3 nitrogen and oxygen atoms in total. The third kappa shape index (κ3) is 8.62. The van der Waals surface area contributed by atoms with Gasteiger partial charge in [0.25, 0.3) is 0 Å². The standard InChI is InChI=1S/C27H45IO3Si/c1-9-13-14-21(5)27(31-32(10-2,11-3)12-4)23(7)26(22(6)19-28)30-20-24-15-17-25(29-8)18-16-24/h9,13-18,21-23,26-27H,1,10-12,19-20H2,2-8H3/b14-13-/t21-,22+,23-,26+,27-/m0/s1. The van der Waals surface area contributed by atoms with E-state index in [4.69, 9.17) is 13.9 Å². The minimum absolute atomic E-state index is 0.121. The number of hydrogen-bond donors (Lipinski definition) is 0. The SMILES string of the molecule is C=C/C=C\[C@H](C)[C@H](O[Si](CC)(CC)CC)[C@@H](C)[C@H](OCc1ccc(OC)cc1)[C@H](C)CI. The first kappa shape index (κ1) is 29.4. The first-order chi connectivity index (χ1) is 15.3. The Hall–Kier alpha value is -0.633. The summed E-state index contributed by atoms with van der Waals surface area (Å²) in [7, 11) is -0.0704. The quantitative estimate of drug-likeness (QED) is 0.0868. The minimum atomic E-state index is -1.76. The molecule has 0 spiro atoms. The van der Waals surface area contributed by atoms with Gasteiger partial charge >= 0.3 is 0 Å². The molecule has 0 saturated carbocycles. The fourth-order valence-electron chi connectivity index (χ4n) is 4.37. The van der Waals surface area contributed by atoms with Crippen molar-refractivity contribution in [1.29, 1.82) is 0 Å². The highest BCUT2D eigenvalue weighted by atomic mass is 127. The van der Waals surface area contributed by atoms with E-state index in [1.54, 1.807) is 7.11 Å². The molecule has 0 aliphatic rings. The van der Waals surface area contributed by atoms with Crippen molar-refractivity contribution < 1.29 is 13.9 Å². The van der Waals surface area contributed by atoms with Gasteiger partial charge < -0.3 is 13.9 Å². The molecule has 1 aromatic carbocycles. The van der Waals surface area contributed by atoms with E-state index in [2.05, 4.69) is 95.0 Å². The topological polar surface area (TPSA) is 27.7 Å². The summed E-state index contributed by atoms with van der Waals surface area (Å²) < 4.78 is 20.1. The van der Waals surface area contributed by atoms with Crippen LogP contribution in [-0.2, 0) is 15.8 Å². The molecule has 1 rings (SSSR count). The van der Waals surface area contributed by atoms with Crippen molar-refractivity contribution in [3.63, 3.8) is 0 Å². The number of hydrogen-bond acceptors (Lipinski definition) is 3. The molecule has 32 heavy (non-hydrogen) atoms. The van der Waals surface area contributed by atoms with E-state index in [1.165, 1.54) is 5.56 Å². The molecule has 0 saturated heterocycles. The lowest BCUT2D eigenvalue weighted by molar-refractivity contribution is -0.0634. The fraction of sp³-hybridized carbons (Fsp3) is 0.630. The summed E-state index contributed by atoms with van der Waals surface area (Å²) in [6.07, 6.45) is 6.40. The van der Waals surface area contributed by atoms with Crippen molar-refractivity contribution in [2.75, 3.05) is 11.5 Å². The van der Waals surface area contributed by atoms with Crippen molar-refractivity contribution in [2.24, 2.45) is 17.8 Å². The van der Waals surface area contributed by atoms with Crippen LogP contribution in [0.5, 0.6) is 5.75 Å². The highest BCUT2D eigenvalue weighted by Gasteiger charge is 2.39. The molecule has 0 N–H and O–H groups in total. The van der Waals surface area contributed by atoms with Gasteiger partial charge in [0.1, 0.15) is 5.75 Å². The number of benzene rings is 1. The van der Waals surface area contributed by atoms with Gasteiger partial charge in [-0.1, -0.05) is 101 Å². The maximum Gasteiger partial charge on any atom is 0.192 e. The Morgan fingerprint density at radius 3 is 2.06 bits per heavy atom. The molecule has 0 aliphatic carbocycles. The van der Waals surface area contributed by atoms with Gasteiger partial charge in [0.2, 0.25) is 0 Å². The summed E-state index contributed by atoms with van der Waals surface area (Å²) in [6.45, 7) is 18.3. The molecule has 1 aromatic rings. The highest BCUT2D eigenvalue weighted by Crippen LogP contribution is 2.34. The van der Waals surface area contributed by atoms with E-state index in [-0.39, 0.29) is 18.1 Å². The Labute approximate surface area is 212 Å². The van der Waals surface area contributed by atoms with Crippen LogP contribution in [0.2, 0.25) is 18.1 Å². The van der Waals surface area contributed by atoms with E-state index in [0.717, 1.165) is 28.3 Å². The van der Waals surface area contributed by atoms with Crippen LogP contribution < -0.4 is 4.74 Å². The maximum atomic E-state index is 7.12. The molecule has 0 heterocycles. The molecule has 0 bridgehead atoms. The highest BCUT2D eigenvalue weighted by molar-refractivity contribution is 14.1. The van der Waals surface area contributed by atoms with E-state index in [9.17, 15) is 0 Å². The van der Waals surface area contributed by atoms with Gasteiger partial charge in [-0.2, -0.15) is 0 Å². The molecular formula is C27H45IO3Si. The molecule has 0 amide bonds. The van der Waals surface area contributed by atoms with Crippen LogP contribution in [0.25, 0.3) is 0 Å². The molecule has 5 atom stereocenters. The monoisotopic (exact) mass is 572 g/mol. The van der Waals surface area contributed by atoms with Crippen LogP contribution >= 0.6 is 22.6 Å². The predicted octanol–water partition coefficient (Wildman–Crippen LogP) is 8.06. The lowest BCUT2D eigenvalue weighted by Crippen LogP contribution is -2.48. The predicted molar refractivity (Wildman–Crippen MR) is 149 cm³/mol. The molecule has 0 fully saturated rings. The second kappa shape index (κ2) is 15.3. The minimum Gasteiger partial charge on any atom is -0.497 e. The molecular weight excluding hydrogens is 527 g/mol. The van der Waals surface area contributed by atoms with Crippen molar-refractivity contribution in [1.82, 2.24) is 0 Å². The smallest absolute Gasteiger partial charge is 0.192 e. The Morgan fingerprint density at radius 1 is 1.00 bits per heavy atom. The normalized spacial score (nSPS) is 17.0. The molecule has 0 aromatic heterocycles. The van der Waals surface area contributed by atoms with Gasteiger partial charge in [-0.3, -0.25) is 0 Å². The molecule has 0 radical (unpaired) electrons. The first-order valence-corrected chi connectivity index (χ1v) is 16.1. The molecule has 0 unspecified atom stereocenters. The molecule has 182 valence electrons. The second-order valence-corrected chi connectivity index (χ2v) is 14.5. The summed E-state index contributed by atoms with van der Waals surface area (Å²) in [5.74, 6) is 1.88. The van der Waals surface area contributed by atoms with Gasteiger partial charge in [0, 0.05) is 10.3 Å². The number of halogens is 1.